The summed E-state index contributed by atoms with van der Waals surface area (Å²) in [6.07, 6.45) is 4.78. The highest BCUT2D eigenvalue weighted by molar-refractivity contribution is 6.33. The zero-order chi connectivity index (χ0) is 14.1. The minimum absolute atomic E-state index is 0.375. The highest BCUT2D eigenvalue weighted by atomic mass is 35.5. The maximum atomic E-state index is 6.09. The van der Waals surface area contributed by atoms with E-state index < -0.39 is 0 Å². The van der Waals surface area contributed by atoms with E-state index >= 15 is 0 Å². The summed E-state index contributed by atoms with van der Waals surface area (Å²) in [6.45, 7) is 2.29. The van der Waals surface area contributed by atoms with Crippen LogP contribution in [0.4, 0.5) is 5.69 Å². The Morgan fingerprint density at radius 3 is 2.95 bits per heavy atom. The summed E-state index contributed by atoms with van der Waals surface area (Å²) in [7, 11) is 0. The Hall–Kier alpha value is -1.62. The average molecular weight is 292 g/mol. The molecule has 1 fully saturated rings. The molecule has 1 aromatic heterocycles. The van der Waals surface area contributed by atoms with E-state index in [-0.39, 0.29) is 0 Å². The highest BCUT2D eigenvalue weighted by Gasteiger charge is 2.24. The molecule has 5 nitrogen and oxygen atoms in total. The van der Waals surface area contributed by atoms with E-state index in [1.165, 1.54) is 12.8 Å². The van der Waals surface area contributed by atoms with Crippen molar-refractivity contribution < 1.29 is 0 Å². The SMILES string of the molecule is CC1CCCC(n2nnnc2-c2ccc(N)c(Cl)c2)C1. The molecule has 6 heteroatoms. The molecule has 0 spiro atoms. The fourth-order valence-corrected chi connectivity index (χ4v) is 3.10. The van der Waals surface area contributed by atoms with Gasteiger partial charge in [-0.15, -0.1) is 5.10 Å². The molecule has 1 aromatic carbocycles. The van der Waals surface area contributed by atoms with Gasteiger partial charge in [-0.1, -0.05) is 31.4 Å². The van der Waals surface area contributed by atoms with Crippen LogP contribution in [0.25, 0.3) is 11.4 Å². The van der Waals surface area contributed by atoms with Crippen molar-refractivity contribution in [2.75, 3.05) is 5.73 Å². The summed E-state index contributed by atoms with van der Waals surface area (Å²) in [5.74, 6) is 1.49. The van der Waals surface area contributed by atoms with Gasteiger partial charge in [-0.05, 0) is 47.4 Å². The molecule has 1 heterocycles. The first-order valence-corrected chi connectivity index (χ1v) is 7.36. The lowest BCUT2D eigenvalue weighted by molar-refractivity contribution is 0.265. The zero-order valence-electron chi connectivity index (χ0n) is 11.5. The minimum atomic E-state index is 0.375. The van der Waals surface area contributed by atoms with Crippen LogP contribution in [0, 0.1) is 5.92 Å². The molecule has 0 aliphatic heterocycles. The number of halogens is 1. The number of aromatic nitrogens is 4. The summed E-state index contributed by atoms with van der Waals surface area (Å²) in [6, 6.07) is 5.90. The fourth-order valence-electron chi connectivity index (χ4n) is 2.92. The van der Waals surface area contributed by atoms with Gasteiger partial charge in [0.1, 0.15) is 0 Å². The van der Waals surface area contributed by atoms with Gasteiger partial charge in [0.05, 0.1) is 16.8 Å². The van der Waals surface area contributed by atoms with Crippen molar-refractivity contribution in [3.8, 4) is 11.4 Å². The second-order valence-corrected chi connectivity index (χ2v) is 6.02. The molecule has 1 aliphatic carbocycles. The molecule has 2 unspecified atom stereocenters. The second-order valence-electron chi connectivity index (χ2n) is 5.61. The van der Waals surface area contributed by atoms with Crippen LogP contribution in [0.5, 0.6) is 0 Å². The monoisotopic (exact) mass is 291 g/mol. The van der Waals surface area contributed by atoms with Crippen molar-refractivity contribution in [2.45, 2.75) is 38.6 Å². The molecule has 3 rings (SSSR count). The van der Waals surface area contributed by atoms with Gasteiger partial charge in [0, 0.05) is 5.56 Å². The van der Waals surface area contributed by atoms with E-state index in [2.05, 4.69) is 22.4 Å². The molecule has 20 heavy (non-hydrogen) atoms. The first-order valence-electron chi connectivity index (χ1n) is 6.98. The maximum Gasteiger partial charge on any atom is 0.182 e. The van der Waals surface area contributed by atoms with Crippen LogP contribution in [0.1, 0.15) is 38.6 Å². The first kappa shape index (κ1) is 13.4. The quantitative estimate of drug-likeness (QED) is 0.862. The van der Waals surface area contributed by atoms with Crippen LogP contribution in [-0.4, -0.2) is 20.2 Å². The van der Waals surface area contributed by atoms with E-state index in [1.807, 2.05) is 16.8 Å². The van der Waals surface area contributed by atoms with Crippen molar-refractivity contribution in [3.05, 3.63) is 23.2 Å². The molecule has 0 radical (unpaired) electrons. The molecule has 2 N–H and O–H groups in total. The fraction of sp³-hybridized carbons (Fsp3) is 0.500. The Bertz CT molecular complexity index is 609. The van der Waals surface area contributed by atoms with E-state index in [0.717, 1.165) is 30.1 Å². The summed E-state index contributed by atoms with van der Waals surface area (Å²) < 4.78 is 1.94. The largest absolute Gasteiger partial charge is 0.398 e. The van der Waals surface area contributed by atoms with Gasteiger partial charge >= 0.3 is 0 Å². The van der Waals surface area contributed by atoms with Crippen molar-refractivity contribution in [2.24, 2.45) is 5.92 Å². The van der Waals surface area contributed by atoms with E-state index in [9.17, 15) is 0 Å². The summed E-state index contributed by atoms with van der Waals surface area (Å²) >= 11 is 6.09. The van der Waals surface area contributed by atoms with Gasteiger partial charge < -0.3 is 5.73 Å². The van der Waals surface area contributed by atoms with Gasteiger partial charge in [-0.25, -0.2) is 4.68 Å². The molecule has 0 bridgehead atoms. The molecule has 2 aromatic rings. The molecule has 1 saturated carbocycles. The van der Waals surface area contributed by atoms with Crippen LogP contribution in [0.3, 0.4) is 0 Å². The molecule has 0 amide bonds. The first-order chi connectivity index (χ1) is 9.65. The number of nitrogen functional groups attached to an aromatic ring is 1. The Kier molecular flexibility index (Phi) is 3.61. The van der Waals surface area contributed by atoms with Crippen LogP contribution >= 0.6 is 11.6 Å². The topological polar surface area (TPSA) is 69.6 Å². The third-order valence-corrected chi connectivity index (χ3v) is 4.33. The van der Waals surface area contributed by atoms with Crippen LogP contribution in [-0.2, 0) is 0 Å². The Morgan fingerprint density at radius 2 is 2.20 bits per heavy atom. The highest BCUT2D eigenvalue weighted by Crippen LogP contribution is 2.34. The smallest absolute Gasteiger partial charge is 0.182 e. The van der Waals surface area contributed by atoms with Gasteiger partial charge in [-0.3, -0.25) is 0 Å². The number of tetrazole rings is 1. The lowest BCUT2D eigenvalue weighted by Crippen LogP contribution is -2.19. The van der Waals surface area contributed by atoms with Crippen LogP contribution in [0.2, 0.25) is 5.02 Å². The van der Waals surface area contributed by atoms with Crippen LogP contribution in [0.15, 0.2) is 18.2 Å². The minimum Gasteiger partial charge on any atom is -0.398 e. The molecule has 0 saturated heterocycles. The molecule has 2 atom stereocenters. The molecule has 1 aliphatic rings. The zero-order valence-corrected chi connectivity index (χ0v) is 12.2. The van der Waals surface area contributed by atoms with Gasteiger partial charge in [-0.2, -0.15) is 0 Å². The summed E-state index contributed by atoms with van der Waals surface area (Å²) in [4.78, 5) is 0. The van der Waals surface area contributed by atoms with Crippen molar-refractivity contribution >= 4 is 17.3 Å². The third-order valence-electron chi connectivity index (χ3n) is 4.01. The van der Waals surface area contributed by atoms with Crippen molar-refractivity contribution in [1.29, 1.82) is 0 Å². The Labute approximate surface area is 123 Å². The van der Waals surface area contributed by atoms with Gasteiger partial charge in [0.15, 0.2) is 5.82 Å². The third kappa shape index (κ3) is 2.50. The standard InChI is InChI=1S/C14H18ClN5/c1-9-3-2-4-11(7-9)20-14(17-18-19-20)10-5-6-13(16)12(15)8-10/h5-6,8-9,11H,2-4,7,16H2,1H3. The number of hydrogen-bond acceptors (Lipinski definition) is 4. The molecule has 106 valence electrons. The number of benzene rings is 1. The second kappa shape index (κ2) is 5.40. The number of nitrogens with zero attached hydrogens (tertiary/aromatic N) is 4. The predicted octanol–water partition coefficient (Wildman–Crippen LogP) is 3.33. The van der Waals surface area contributed by atoms with Gasteiger partial charge in [0.2, 0.25) is 0 Å². The Morgan fingerprint density at radius 1 is 1.35 bits per heavy atom. The predicted molar refractivity (Wildman–Crippen MR) is 79.3 cm³/mol. The average Bonchev–Trinajstić information content (AvgIpc) is 2.91. The summed E-state index contributed by atoms with van der Waals surface area (Å²) in [5, 5.41) is 12.7. The normalized spacial score (nSPS) is 22.9. The lowest BCUT2D eigenvalue weighted by atomic mass is 9.87. The van der Waals surface area contributed by atoms with E-state index in [1.54, 1.807) is 6.07 Å². The maximum absolute atomic E-state index is 6.09. The number of anilines is 1. The molecular formula is C14H18ClN5. The number of hydrogen-bond donors (Lipinski definition) is 1. The summed E-state index contributed by atoms with van der Waals surface area (Å²) in [5.41, 5.74) is 7.23. The van der Waals surface area contributed by atoms with Crippen molar-refractivity contribution in [1.82, 2.24) is 20.2 Å². The molecular weight excluding hydrogens is 274 g/mol. The number of rotatable bonds is 2. The van der Waals surface area contributed by atoms with E-state index in [4.69, 9.17) is 17.3 Å². The lowest BCUT2D eigenvalue weighted by Gasteiger charge is -2.27. The number of nitrogens with two attached hydrogens (primary N) is 1. The van der Waals surface area contributed by atoms with Crippen LogP contribution < -0.4 is 5.73 Å². The van der Waals surface area contributed by atoms with E-state index in [0.29, 0.717) is 16.8 Å². The Balaban J connectivity index is 1.95. The van der Waals surface area contributed by atoms with Crippen molar-refractivity contribution in [3.63, 3.8) is 0 Å². The van der Waals surface area contributed by atoms with Gasteiger partial charge in [0.25, 0.3) is 0 Å².